The van der Waals surface area contributed by atoms with Crippen LogP contribution in [0.2, 0.25) is 5.02 Å². The van der Waals surface area contributed by atoms with Gasteiger partial charge in [-0.3, -0.25) is 0 Å². The summed E-state index contributed by atoms with van der Waals surface area (Å²) in [7, 11) is 0. The molecule has 1 atom stereocenters. The van der Waals surface area contributed by atoms with Crippen LogP contribution in [0.25, 0.3) is 0 Å². The molecule has 1 rings (SSSR count). The van der Waals surface area contributed by atoms with Crippen molar-refractivity contribution in [3.05, 3.63) is 46.8 Å². The Balaban J connectivity index is 3.32. The summed E-state index contributed by atoms with van der Waals surface area (Å²) in [6.45, 7) is 5.31. The molecule has 0 bridgehead atoms. The second-order valence-electron chi connectivity index (χ2n) is 2.85. The molecule has 0 amide bonds. The van der Waals surface area contributed by atoms with E-state index < -0.39 is 6.04 Å². The van der Waals surface area contributed by atoms with Crippen molar-refractivity contribution in [3.63, 3.8) is 0 Å². The predicted octanol–water partition coefficient (Wildman–Crippen LogP) is 2.97. The quantitative estimate of drug-likeness (QED) is 0.729. The minimum absolute atomic E-state index is 0.316. The average Bonchev–Trinajstić information content (AvgIpc) is 2.12. The van der Waals surface area contributed by atoms with Gasteiger partial charge in [0.1, 0.15) is 5.82 Å². The molecule has 1 aromatic carbocycles. The van der Waals surface area contributed by atoms with E-state index in [1.165, 1.54) is 12.1 Å². The van der Waals surface area contributed by atoms with Crippen LogP contribution in [0.15, 0.2) is 24.8 Å². The minimum Gasteiger partial charge on any atom is -0.321 e. The van der Waals surface area contributed by atoms with Gasteiger partial charge in [-0.05, 0) is 18.6 Å². The fourth-order valence-corrected chi connectivity index (χ4v) is 1.38. The van der Waals surface area contributed by atoms with Gasteiger partial charge < -0.3 is 5.73 Å². The van der Waals surface area contributed by atoms with E-state index in [9.17, 15) is 4.39 Å². The summed E-state index contributed by atoms with van der Waals surface area (Å²) >= 11 is 5.90. The number of hydrogen-bond donors (Lipinski definition) is 1. The molecule has 0 aliphatic heterocycles. The lowest BCUT2D eigenvalue weighted by molar-refractivity contribution is 0.602. The first-order valence-electron chi connectivity index (χ1n) is 3.90. The molecular formula is C10H11ClFN. The Hall–Kier alpha value is -0.860. The maximum absolute atomic E-state index is 13.3. The minimum atomic E-state index is -0.549. The molecule has 1 nitrogen and oxygen atoms in total. The first-order chi connectivity index (χ1) is 6.07. The zero-order chi connectivity index (χ0) is 10.0. The van der Waals surface area contributed by atoms with Crippen molar-refractivity contribution < 1.29 is 4.39 Å². The number of aryl methyl sites for hydroxylation is 1. The Morgan fingerprint density at radius 2 is 2.23 bits per heavy atom. The van der Waals surface area contributed by atoms with Gasteiger partial charge in [0.2, 0.25) is 0 Å². The topological polar surface area (TPSA) is 26.0 Å². The van der Waals surface area contributed by atoms with Crippen LogP contribution in [0, 0.1) is 12.7 Å². The smallest absolute Gasteiger partial charge is 0.129 e. The van der Waals surface area contributed by atoms with E-state index >= 15 is 0 Å². The Labute approximate surface area is 82.0 Å². The van der Waals surface area contributed by atoms with Crippen LogP contribution in [0.5, 0.6) is 0 Å². The molecule has 3 heteroatoms. The largest absolute Gasteiger partial charge is 0.321 e. The molecule has 0 aromatic heterocycles. The highest BCUT2D eigenvalue weighted by Gasteiger charge is 2.13. The van der Waals surface area contributed by atoms with Crippen molar-refractivity contribution in [2.24, 2.45) is 5.73 Å². The van der Waals surface area contributed by atoms with Crippen molar-refractivity contribution in [2.45, 2.75) is 13.0 Å². The first-order valence-corrected chi connectivity index (χ1v) is 4.28. The van der Waals surface area contributed by atoms with Gasteiger partial charge in [0.05, 0.1) is 11.1 Å². The number of nitrogens with two attached hydrogens (primary N) is 1. The molecule has 0 saturated carbocycles. The second-order valence-corrected chi connectivity index (χ2v) is 3.23. The monoisotopic (exact) mass is 199 g/mol. The van der Waals surface area contributed by atoms with Crippen molar-refractivity contribution >= 4 is 11.6 Å². The molecular weight excluding hydrogens is 189 g/mol. The van der Waals surface area contributed by atoms with Crippen LogP contribution in [0.1, 0.15) is 17.2 Å². The Bertz CT molecular complexity index is 336. The molecule has 2 N–H and O–H groups in total. The van der Waals surface area contributed by atoms with Gasteiger partial charge in [-0.2, -0.15) is 0 Å². The summed E-state index contributed by atoms with van der Waals surface area (Å²) < 4.78 is 13.3. The maximum atomic E-state index is 13.3. The predicted molar refractivity (Wildman–Crippen MR) is 53.3 cm³/mol. The van der Waals surface area contributed by atoms with Crippen LogP contribution >= 0.6 is 11.6 Å². The van der Waals surface area contributed by atoms with Gasteiger partial charge >= 0.3 is 0 Å². The standard InChI is InChI=1S/C10H11ClFN/c1-3-8(13)9-7(12)5-4-6(2)10(9)11/h3-5,8H,1,13H2,2H3/t8-/m0/s1. The summed E-state index contributed by atoms with van der Waals surface area (Å²) in [6.07, 6.45) is 1.46. The SMILES string of the molecule is C=C[C@H](N)c1c(F)ccc(C)c1Cl. The Morgan fingerprint density at radius 1 is 1.62 bits per heavy atom. The third-order valence-corrected chi connectivity index (χ3v) is 2.41. The van der Waals surface area contributed by atoms with E-state index in [1.54, 1.807) is 13.0 Å². The Morgan fingerprint density at radius 3 is 2.77 bits per heavy atom. The Kier molecular flexibility index (Phi) is 3.07. The lowest BCUT2D eigenvalue weighted by Crippen LogP contribution is -2.10. The van der Waals surface area contributed by atoms with E-state index in [2.05, 4.69) is 6.58 Å². The lowest BCUT2D eigenvalue weighted by Gasteiger charge is -2.11. The molecule has 0 spiro atoms. The van der Waals surface area contributed by atoms with E-state index in [0.717, 1.165) is 5.56 Å². The maximum Gasteiger partial charge on any atom is 0.129 e. The van der Waals surface area contributed by atoms with Crippen LogP contribution in [0.4, 0.5) is 4.39 Å². The fourth-order valence-electron chi connectivity index (χ4n) is 1.10. The first kappa shape index (κ1) is 10.2. The van der Waals surface area contributed by atoms with E-state index in [-0.39, 0.29) is 5.82 Å². The molecule has 0 saturated heterocycles. The third-order valence-electron chi connectivity index (χ3n) is 1.91. The molecule has 0 aliphatic rings. The fraction of sp³-hybridized carbons (Fsp3) is 0.200. The molecule has 0 radical (unpaired) electrons. The zero-order valence-electron chi connectivity index (χ0n) is 7.35. The van der Waals surface area contributed by atoms with Crippen LogP contribution in [0.3, 0.4) is 0 Å². The van der Waals surface area contributed by atoms with Gasteiger partial charge in [0, 0.05) is 5.56 Å². The lowest BCUT2D eigenvalue weighted by atomic mass is 10.0. The normalized spacial score (nSPS) is 12.6. The van der Waals surface area contributed by atoms with Gasteiger partial charge in [-0.1, -0.05) is 23.7 Å². The van der Waals surface area contributed by atoms with Gasteiger partial charge in [0.15, 0.2) is 0 Å². The number of rotatable bonds is 2. The van der Waals surface area contributed by atoms with E-state index in [0.29, 0.717) is 10.6 Å². The van der Waals surface area contributed by atoms with Crippen LogP contribution < -0.4 is 5.73 Å². The van der Waals surface area contributed by atoms with Gasteiger partial charge in [-0.25, -0.2) is 4.39 Å². The summed E-state index contributed by atoms with van der Waals surface area (Å²) in [5.74, 6) is -0.386. The number of benzene rings is 1. The number of halogens is 2. The number of hydrogen-bond acceptors (Lipinski definition) is 1. The van der Waals surface area contributed by atoms with E-state index in [1.807, 2.05) is 0 Å². The van der Waals surface area contributed by atoms with Crippen LogP contribution in [-0.4, -0.2) is 0 Å². The van der Waals surface area contributed by atoms with E-state index in [4.69, 9.17) is 17.3 Å². The molecule has 13 heavy (non-hydrogen) atoms. The molecule has 0 aliphatic carbocycles. The van der Waals surface area contributed by atoms with Crippen molar-refractivity contribution in [2.75, 3.05) is 0 Å². The summed E-state index contributed by atoms with van der Waals surface area (Å²) in [6, 6.07) is 2.43. The van der Waals surface area contributed by atoms with Gasteiger partial charge in [0.25, 0.3) is 0 Å². The molecule has 0 fully saturated rings. The highest BCUT2D eigenvalue weighted by atomic mass is 35.5. The zero-order valence-corrected chi connectivity index (χ0v) is 8.11. The second kappa shape index (κ2) is 3.90. The summed E-state index contributed by atoms with van der Waals surface area (Å²) in [4.78, 5) is 0. The van der Waals surface area contributed by atoms with Crippen molar-refractivity contribution in [1.82, 2.24) is 0 Å². The average molecular weight is 200 g/mol. The highest BCUT2D eigenvalue weighted by molar-refractivity contribution is 6.32. The van der Waals surface area contributed by atoms with Gasteiger partial charge in [-0.15, -0.1) is 6.58 Å². The van der Waals surface area contributed by atoms with Crippen molar-refractivity contribution in [1.29, 1.82) is 0 Å². The molecule has 0 unspecified atom stereocenters. The van der Waals surface area contributed by atoms with Crippen molar-refractivity contribution in [3.8, 4) is 0 Å². The highest BCUT2D eigenvalue weighted by Crippen LogP contribution is 2.28. The molecule has 1 aromatic rings. The molecule has 70 valence electrons. The third kappa shape index (κ3) is 1.90. The molecule has 0 heterocycles. The summed E-state index contributed by atoms with van der Waals surface area (Å²) in [5, 5.41) is 0.382. The van der Waals surface area contributed by atoms with Crippen LogP contribution in [-0.2, 0) is 0 Å². The summed E-state index contributed by atoms with van der Waals surface area (Å²) in [5.41, 5.74) is 6.75.